The van der Waals surface area contributed by atoms with Crippen molar-refractivity contribution < 1.29 is 4.39 Å². The molecule has 0 fully saturated rings. The minimum Gasteiger partial charge on any atom is -0.311 e. The zero-order valence-corrected chi connectivity index (χ0v) is 12.2. The summed E-state index contributed by atoms with van der Waals surface area (Å²) >= 11 is 0. The highest BCUT2D eigenvalue weighted by Crippen LogP contribution is 2.11. The van der Waals surface area contributed by atoms with E-state index in [0.29, 0.717) is 6.54 Å². The van der Waals surface area contributed by atoms with E-state index in [1.54, 1.807) is 0 Å². The van der Waals surface area contributed by atoms with Crippen molar-refractivity contribution >= 4 is 0 Å². The largest absolute Gasteiger partial charge is 0.311 e. The van der Waals surface area contributed by atoms with Gasteiger partial charge in [0.05, 0.1) is 17.4 Å². The highest BCUT2D eigenvalue weighted by Gasteiger charge is 2.14. The van der Waals surface area contributed by atoms with Crippen molar-refractivity contribution in [1.29, 1.82) is 0 Å². The Morgan fingerprint density at radius 2 is 1.90 bits per heavy atom. The lowest BCUT2D eigenvalue weighted by Gasteiger charge is -2.17. The van der Waals surface area contributed by atoms with Crippen LogP contribution in [0.2, 0.25) is 0 Å². The third-order valence-electron chi connectivity index (χ3n) is 3.04. The SMILES string of the molecule is CC(C)(C)n1cc(CNCCc2ccc(F)cc2)nn1. The molecule has 0 amide bonds. The van der Waals surface area contributed by atoms with Crippen LogP contribution in [0.4, 0.5) is 4.39 Å². The number of nitrogens with zero attached hydrogens (tertiary/aromatic N) is 3. The number of benzene rings is 1. The molecule has 0 bridgehead atoms. The van der Waals surface area contributed by atoms with Gasteiger partial charge in [-0.15, -0.1) is 5.10 Å². The van der Waals surface area contributed by atoms with Gasteiger partial charge >= 0.3 is 0 Å². The number of halogens is 1. The van der Waals surface area contributed by atoms with Crippen LogP contribution in [-0.4, -0.2) is 21.5 Å². The molecule has 4 nitrogen and oxygen atoms in total. The average Bonchev–Trinajstić information content (AvgIpc) is 2.85. The quantitative estimate of drug-likeness (QED) is 0.853. The second kappa shape index (κ2) is 6.13. The van der Waals surface area contributed by atoms with E-state index in [9.17, 15) is 4.39 Å². The van der Waals surface area contributed by atoms with Crippen LogP contribution in [0.1, 0.15) is 32.0 Å². The van der Waals surface area contributed by atoms with Crippen LogP contribution >= 0.6 is 0 Å². The van der Waals surface area contributed by atoms with Gasteiger partial charge in [0.1, 0.15) is 5.82 Å². The summed E-state index contributed by atoms with van der Waals surface area (Å²) in [6, 6.07) is 6.61. The summed E-state index contributed by atoms with van der Waals surface area (Å²) in [6.07, 6.45) is 2.83. The van der Waals surface area contributed by atoms with E-state index in [1.807, 2.05) is 23.0 Å². The van der Waals surface area contributed by atoms with Gasteiger partial charge in [-0.25, -0.2) is 9.07 Å². The first-order valence-electron chi connectivity index (χ1n) is 6.82. The lowest BCUT2D eigenvalue weighted by molar-refractivity contribution is 0.347. The molecule has 1 heterocycles. The van der Waals surface area contributed by atoms with Gasteiger partial charge in [-0.2, -0.15) is 0 Å². The first-order chi connectivity index (χ1) is 9.45. The fourth-order valence-electron chi connectivity index (χ4n) is 1.81. The Morgan fingerprint density at radius 3 is 2.50 bits per heavy atom. The molecule has 0 aliphatic heterocycles. The molecule has 1 aromatic heterocycles. The van der Waals surface area contributed by atoms with Crippen molar-refractivity contribution in [1.82, 2.24) is 20.3 Å². The predicted octanol–water partition coefficient (Wildman–Crippen LogP) is 2.50. The van der Waals surface area contributed by atoms with Crippen molar-refractivity contribution in [3.05, 3.63) is 47.5 Å². The van der Waals surface area contributed by atoms with Crippen molar-refractivity contribution in [2.45, 2.75) is 39.3 Å². The lowest BCUT2D eigenvalue weighted by atomic mass is 10.1. The van der Waals surface area contributed by atoms with Gasteiger partial charge < -0.3 is 5.32 Å². The van der Waals surface area contributed by atoms with Crippen LogP contribution < -0.4 is 5.32 Å². The molecule has 1 N–H and O–H groups in total. The minimum absolute atomic E-state index is 0.0423. The third kappa shape index (κ3) is 4.13. The zero-order chi connectivity index (χ0) is 14.6. The van der Waals surface area contributed by atoms with Gasteiger partial charge in [-0.3, -0.25) is 0 Å². The maximum atomic E-state index is 12.8. The van der Waals surface area contributed by atoms with Crippen LogP contribution in [0.15, 0.2) is 30.5 Å². The molecule has 0 aliphatic rings. The Kier molecular flexibility index (Phi) is 4.49. The number of aromatic nitrogens is 3. The fraction of sp³-hybridized carbons (Fsp3) is 0.467. The van der Waals surface area contributed by atoms with Crippen molar-refractivity contribution in [2.24, 2.45) is 0 Å². The molecule has 0 saturated carbocycles. The summed E-state index contributed by atoms with van der Waals surface area (Å²) in [5.74, 6) is -0.194. The van der Waals surface area contributed by atoms with E-state index in [4.69, 9.17) is 0 Å². The summed E-state index contributed by atoms with van der Waals surface area (Å²) in [4.78, 5) is 0. The van der Waals surface area contributed by atoms with Crippen LogP contribution in [0.25, 0.3) is 0 Å². The van der Waals surface area contributed by atoms with E-state index in [0.717, 1.165) is 24.2 Å². The first-order valence-corrected chi connectivity index (χ1v) is 6.82. The van der Waals surface area contributed by atoms with E-state index in [1.165, 1.54) is 12.1 Å². The maximum Gasteiger partial charge on any atom is 0.123 e. The Hall–Kier alpha value is -1.75. The number of hydrogen-bond donors (Lipinski definition) is 1. The highest BCUT2D eigenvalue weighted by atomic mass is 19.1. The second-order valence-electron chi connectivity index (χ2n) is 5.88. The van der Waals surface area contributed by atoms with E-state index in [-0.39, 0.29) is 11.4 Å². The van der Waals surface area contributed by atoms with Gasteiger partial charge in [0.2, 0.25) is 0 Å². The van der Waals surface area contributed by atoms with Gasteiger partial charge in [-0.1, -0.05) is 17.3 Å². The van der Waals surface area contributed by atoms with Gasteiger partial charge in [-0.05, 0) is 51.4 Å². The van der Waals surface area contributed by atoms with Gasteiger partial charge in [0.25, 0.3) is 0 Å². The Bertz CT molecular complexity index is 540. The lowest BCUT2D eigenvalue weighted by Crippen LogP contribution is -2.22. The van der Waals surface area contributed by atoms with Crippen LogP contribution in [0.3, 0.4) is 0 Å². The van der Waals surface area contributed by atoms with Crippen LogP contribution in [0.5, 0.6) is 0 Å². The summed E-state index contributed by atoms with van der Waals surface area (Å²) in [5.41, 5.74) is 2.01. The summed E-state index contributed by atoms with van der Waals surface area (Å²) in [5, 5.41) is 11.6. The van der Waals surface area contributed by atoms with Gasteiger partial charge in [0, 0.05) is 6.54 Å². The molecule has 1 aromatic carbocycles. The Labute approximate surface area is 119 Å². The average molecular weight is 276 g/mol. The first kappa shape index (κ1) is 14.7. The molecule has 20 heavy (non-hydrogen) atoms. The predicted molar refractivity (Wildman–Crippen MR) is 76.8 cm³/mol. The number of hydrogen-bond acceptors (Lipinski definition) is 3. The molecule has 2 rings (SSSR count). The minimum atomic E-state index is -0.194. The summed E-state index contributed by atoms with van der Waals surface area (Å²) in [7, 11) is 0. The molecular weight excluding hydrogens is 255 g/mol. The molecule has 0 unspecified atom stereocenters. The summed E-state index contributed by atoms with van der Waals surface area (Å²) in [6.45, 7) is 7.79. The summed E-state index contributed by atoms with van der Waals surface area (Å²) < 4.78 is 14.6. The van der Waals surface area contributed by atoms with Crippen LogP contribution in [-0.2, 0) is 18.5 Å². The topological polar surface area (TPSA) is 42.7 Å². The van der Waals surface area contributed by atoms with E-state index >= 15 is 0 Å². The molecule has 0 aliphatic carbocycles. The maximum absolute atomic E-state index is 12.8. The zero-order valence-electron chi connectivity index (χ0n) is 12.2. The van der Waals surface area contributed by atoms with E-state index < -0.39 is 0 Å². The smallest absolute Gasteiger partial charge is 0.123 e. The van der Waals surface area contributed by atoms with Crippen LogP contribution in [0, 0.1) is 5.82 Å². The van der Waals surface area contributed by atoms with E-state index in [2.05, 4.69) is 36.4 Å². The van der Waals surface area contributed by atoms with Crippen molar-refractivity contribution in [3.8, 4) is 0 Å². The molecule has 108 valence electrons. The second-order valence-corrected chi connectivity index (χ2v) is 5.88. The number of nitrogens with one attached hydrogen (secondary N) is 1. The standard InChI is InChI=1S/C15H21FN4/c1-15(2,3)20-11-14(18-19-20)10-17-9-8-12-4-6-13(16)7-5-12/h4-7,11,17H,8-10H2,1-3H3. The molecular formula is C15H21FN4. The molecule has 0 saturated heterocycles. The molecule has 2 aromatic rings. The monoisotopic (exact) mass is 276 g/mol. The van der Waals surface area contributed by atoms with Crippen molar-refractivity contribution in [3.63, 3.8) is 0 Å². The molecule has 0 spiro atoms. The fourth-order valence-corrected chi connectivity index (χ4v) is 1.81. The van der Waals surface area contributed by atoms with Gasteiger partial charge in [0.15, 0.2) is 0 Å². The molecule has 0 radical (unpaired) electrons. The number of rotatable bonds is 5. The van der Waals surface area contributed by atoms with Crippen molar-refractivity contribution in [2.75, 3.05) is 6.54 Å². The Morgan fingerprint density at radius 1 is 1.20 bits per heavy atom. The third-order valence-corrected chi connectivity index (χ3v) is 3.04. The normalized spacial score (nSPS) is 11.8. The molecule has 5 heteroatoms. The molecule has 0 atom stereocenters. The highest BCUT2D eigenvalue weighted by molar-refractivity contribution is 5.16. The Balaban J connectivity index is 1.76.